The van der Waals surface area contributed by atoms with E-state index in [0.29, 0.717) is 18.0 Å². The summed E-state index contributed by atoms with van der Waals surface area (Å²) >= 11 is 0. The third kappa shape index (κ3) is 3.86. The first-order chi connectivity index (χ1) is 11.8. The molecule has 1 aliphatic heterocycles. The van der Waals surface area contributed by atoms with Crippen molar-refractivity contribution in [3.8, 4) is 0 Å². The van der Waals surface area contributed by atoms with Crippen LogP contribution in [0.25, 0.3) is 0 Å². The van der Waals surface area contributed by atoms with Gasteiger partial charge in [-0.05, 0) is 50.8 Å². The van der Waals surface area contributed by atoms with E-state index in [0.717, 1.165) is 17.6 Å². The predicted molar refractivity (Wildman–Crippen MR) is 102 cm³/mol. The Balaban J connectivity index is 1.78. The van der Waals surface area contributed by atoms with E-state index in [1.807, 2.05) is 19.1 Å². The zero-order valence-electron chi connectivity index (χ0n) is 15.1. The normalized spacial score (nSPS) is 18.7. The monoisotopic (exact) mass is 355 g/mol. The van der Waals surface area contributed by atoms with Crippen LogP contribution >= 0.6 is 0 Å². The lowest BCUT2D eigenvalue weighted by Gasteiger charge is -2.16. The molecule has 132 valence electrons. The van der Waals surface area contributed by atoms with E-state index in [1.54, 1.807) is 16.4 Å². The summed E-state index contributed by atoms with van der Waals surface area (Å²) < 4.78 is 27.3. The molecular formula is C21H25NO2S. The number of nitrogens with zero attached hydrogens (tertiary/aromatic N) is 1. The van der Waals surface area contributed by atoms with Crippen molar-refractivity contribution in [3.05, 3.63) is 76.9 Å². The fourth-order valence-corrected chi connectivity index (χ4v) is 5.01. The van der Waals surface area contributed by atoms with Gasteiger partial charge in [-0.25, -0.2) is 8.42 Å². The van der Waals surface area contributed by atoms with Gasteiger partial charge in [0.25, 0.3) is 0 Å². The average Bonchev–Trinajstić information content (AvgIpc) is 2.88. The Bertz CT molecular complexity index is 878. The van der Waals surface area contributed by atoms with Gasteiger partial charge in [0.05, 0.1) is 4.90 Å². The largest absolute Gasteiger partial charge is 0.243 e. The molecule has 4 heteroatoms. The minimum absolute atomic E-state index is 0.168. The molecule has 25 heavy (non-hydrogen) atoms. The van der Waals surface area contributed by atoms with Crippen LogP contribution in [0.3, 0.4) is 0 Å². The van der Waals surface area contributed by atoms with E-state index in [-0.39, 0.29) is 5.92 Å². The minimum Gasteiger partial charge on any atom is -0.207 e. The van der Waals surface area contributed by atoms with E-state index in [4.69, 9.17) is 0 Å². The Morgan fingerprint density at radius 1 is 1.00 bits per heavy atom. The van der Waals surface area contributed by atoms with Gasteiger partial charge in [0.1, 0.15) is 0 Å². The second-order valence-electron chi connectivity index (χ2n) is 7.17. The molecule has 0 spiro atoms. The second kappa shape index (κ2) is 6.77. The summed E-state index contributed by atoms with van der Waals surface area (Å²) in [6.07, 6.45) is 0.835. The number of rotatable bonds is 4. The molecule has 1 atom stereocenters. The second-order valence-corrected chi connectivity index (χ2v) is 9.10. The Kier molecular flexibility index (Phi) is 4.85. The number of hydrogen-bond donors (Lipinski definition) is 0. The predicted octanol–water partition coefficient (Wildman–Crippen LogP) is 4.03. The molecule has 0 radical (unpaired) electrons. The third-order valence-electron chi connectivity index (χ3n) is 4.80. The molecule has 0 saturated carbocycles. The molecule has 3 rings (SSSR count). The fourth-order valence-electron chi connectivity index (χ4n) is 3.52. The molecule has 1 unspecified atom stereocenters. The molecule has 2 aromatic carbocycles. The third-order valence-corrected chi connectivity index (χ3v) is 6.63. The molecule has 0 aliphatic carbocycles. The maximum Gasteiger partial charge on any atom is 0.243 e. The first-order valence-electron chi connectivity index (χ1n) is 8.57. The summed E-state index contributed by atoms with van der Waals surface area (Å²) in [5, 5.41) is 0. The van der Waals surface area contributed by atoms with Crippen LogP contribution in [0, 0.1) is 26.7 Å². The summed E-state index contributed by atoms with van der Waals surface area (Å²) in [5.74, 6) is 0.168. The van der Waals surface area contributed by atoms with Crippen molar-refractivity contribution >= 4 is 10.0 Å². The molecule has 0 bridgehead atoms. The molecule has 0 aromatic heterocycles. The van der Waals surface area contributed by atoms with Crippen LogP contribution < -0.4 is 0 Å². The highest BCUT2D eigenvalue weighted by Gasteiger charge is 2.34. The lowest BCUT2D eigenvalue weighted by Crippen LogP contribution is -2.29. The number of aryl methyl sites for hydroxylation is 3. The van der Waals surface area contributed by atoms with Crippen molar-refractivity contribution in [2.24, 2.45) is 5.92 Å². The molecule has 0 N–H and O–H groups in total. The molecule has 2 aromatic rings. The van der Waals surface area contributed by atoms with Gasteiger partial charge in [-0.3, -0.25) is 0 Å². The number of sulfonamides is 1. The van der Waals surface area contributed by atoms with Gasteiger partial charge in [-0.1, -0.05) is 59.2 Å². The molecule has 1 fully saturated rings. The molecule has 1 aliphatic rings. The SMILES string of the molecule is C=C1CN(S(=O)(=O)c2ccc(C)cc2)CC1Cc1cc(C)cc(C)c1. The van der Waals surface area contributed by atoms with Crippen LogP contribution in [-0.4, -0.2) is 25.8 Å². The van der Waals surface area contributed by atoms with Crippen molar-refractivity contribution in [3.63, 3.8) is 0 Å². The minimum atomic E-state index is -3.46. The Morgan fingerprint density at radius 2 is 1.60 bits per heavy atom. The van der Waals surface area contributed by atoms with Crippen molar-refractivity contribution in [1.82, 2.24) is 4.31 Å². The van der Waals surface area contributed by atoms with E-state index >= 15 is 0 Å². The molecule has 0 amide bonds. The van der Waals surface area contributed by atoms with E-state index < -0.39 is 10.0 Å². The number of hydrogen-bond acceptors (Lipinski definition) is 2. The smallest absolute Gasteiger partial charge is 0.207 e. The highest BCUT2D eigenvalue weighted by Crippen LogP contribution is 2.30. The maximum atomic E-state index is 12.9. The Hall–Kier alpha value is -1.91. The first kappa shape index (κ1) is 17.9. The standard InChI is InChI=1S/C21H25NO2S/c1-15-5-7-21(8-6-15)25(23,24)22-13-18(4)20(14-22)12-19-10-16(2)9-17(3)11-19/h5-11,20H,4,12-14H2,1-3H3. The zero-order valence-corrected chi connectivity index (χ0v) is 15.9. The zero-order chi connectivity index (χ0) is 18.2. The van der Waals surface area contributed by atoms with Crippen LogP contribution in [0.15, 0.2) is 59.5 Å². The first-order valence-corrected chi connectivity index (χ1v) is 10.0. The van der Waals surface area contributed by atoms with Gasteiger partial charge in [0.2, 0.25) is 10.0 Å². The van der Waals surface area contributed by atoms with Gasteiger partial charge in [-0.15, -0.1) is 0 Å². The Labute approximate surface area is 151 Å². The van der Waals surface area contributed by atoms with Crippen molar-refractivity contribution in [2.45, 2.75) is 32.1 Å². The maximum absolute atomic E-state index is 12.9. The lowest BCUT2D eigenvalue weighted by molar-refractivity contribution is 0.456. The van der Waals surface area contributed by atoms with Crippen molar-refractivity contribution in [1.29, 1.82) is 0 Å². The summed E-state index contributed by atoms with van der Waals surface area (Å²) in [7, 11) is -3.46. The van der Waals surface area contributed by atoms with E-state index in [9.17, 15) is 8.42 Å². The molecular weight excluding hydrogens is 330 g/mol. The highest BCUT2D eigenvalue weighted by atomic mass is 32.2. The van der Waals surface area contributed by atoms with Gasteiger partial charge in [-0.2, -0.15) is 4.31 Å². The van der Waals surface area contributed by atoms with Gasteiger partial charge < -0.3 is 0 Å². The van der Waals surface area contributed by atoms with E-state index in [2.05, 4.69) is 38.6 Å². The topological polar surface area (TPSA) is 37.4 Å². The van der Waals surface area contributed by atoms with Crippen molar-refractivity contribution < 1.29 is 8.42 Å². The van der Waals surface area contributed by atoms with E-state index in [1.165, 1.54) is 16.7 Å². The van der Waals surface area contributed by atoms with Crippen LogP contribution in [-0.2, 0) is 16.4 Å². The van der Waals surface area contributed by atoms with Crippen LogP contribution in [0.5, 0.6) is 0 Å². The lowest BCUT2D eigenvalue weighted by atomic mass is 9.94. The molecule has 3 nitrogen and oxygen atoms in total. The highest BCUT2D eigenvalue weighted by molar-refractivity contribution is 7.89. The van der Waals surface area contributed by atoms with Crippen molar-refractivity contribution in [2.75, 3.05) is 13.1 Å². The van der Waals surface area contributed by atoms with Gasteiger partial charge in [0.15, 0.2) is 0 Å². The average molecular weight is 356 g/mol. The number of benzene rings is 2. The van der Waals surface area contributed by atoms with Gasteiger partial charge >= 0.3 is 0 Å². The summed E-state index contributed by atoms with van der Waals surface area (Å²) in [6, 6.07) is 13.6. The van der Waals surface area contributed by atoms with Crippen LogP contribution in [0.1, 0.15) is 22.3 Å². The van der Waals surface area contributed by atoms with Crippen LogP contribution in [0.2, 0.25) is 0 Å². The summed E-state index contributed by atoms with van der Waals surface area (Å²) in [4.78, 5) is 0.359. The quantitative estimate of drug-likeness (QED) is 0.777. The summed E-state index contributed by atoms with van der Waals surface area (Å²) in [6.45, 7) is 11.2. The van der Waals surface area contributed by atoms with Gasteiger partial charge in [0, 0.05) is 13.1 Å². The fraction of sp³-hybridized carbons (Fsp3) is 0.333. The molecule has 1 heterocycles. The Morgan fingerprint density at radius 3 is 2.20 bits per heavy atom. The molecule has 1 saturated heterocycles. The van der Waals surface area contributed by atoms with Crippen LogP contribution in [0.4, 0.5) is 0 Å². The summed E-state index contributed by atoms with van der Waals surface area (Å²) in [5.41, 5.74) is 5.77.